The van der Waals surface area contributed by atoms with Crippen molar-refractivity contribution in [3.63, 3.8) is 0 Å². The molecule has 82 valence electrons. The highest BCUT2D eigenvalue weighted by atomic mass is 16.3. The first-order chi connectivity index (χ1) is 7.36. The number of anilines is 1. The lowest BCUT2D eigenvalue weighted by molar-refractivity contribution is 0.248. The summed E-state index contributed by atoms with van der Waals surface area (Å²) >= 11 is 0. The summed E-state index contributed by atoms with van der Waals surface area (Å²) in [5, 5.41) is 18.6. The van der Waals surface area contributed by atoms with Crippen LogP contribution in [0.5, 0.6) is 0 Å². The van der Waals surface area contributed by atoms with E-state index in [1.165, 1.54) is 0 Å². The van der Waals surface area contributed by atoms with Crippen LogP contribution in [0.4, 0.5) is 5.69 Å². The number of benzene rings is 1. The molecule has 0 radical (unpaired) electrons. The second kappa shape index (κ2) is 4.64. The molecule has 2 atom stereocenters. The zero-order valence-corrected chi connectivity index (χ0v) is 8.71. The summed E-state index contributed by atoms with van der Waals surface area (Å²) in [7, 11) is 0. The Labute approximate surface area is 90.0 Å². The Bertz CT molecular complexity index is 290. The monoisotopic (exact) mass is 207 g/mol. The summed E-state index contributed by atoms with van der Waals surface area (Å²) < 4.78 is 0. The maximum absolute atomic E-state index is 9.29. The van der Waals surface area contributed by atoms with Gasteiger partial charge in [-0.25, -0.2) is 0 Å². The van der Waals surface area contributed by atoms with E-state index in [2.05, 4.69) is 4.90 Å². The van der Waals surface area contributed by atoms with Gasteiger partial charge in [-0.15, -0.1) is 0 Å². The summed E-state index contributed by atoms with van der Waals surface area (Å²) in [6.07, 6.45) is 1.91. The lowest BCUT2D eigenvalue weighted by atomic mass is 10.2. The Morgan fingerprint density at radius 1 is 1.00 bits per heavy atom. The molecule has 0 aromatic heterocycles. The highest BCUT2D eigenvalue weighted by molar-refractivity contribution is 5.49. The van der Waals surface area contributed by atoms with Crippen molar-refractivity contribution >= 4 is 5.69 Å². The van der Waals surface area contributed by atoms with Crippen LogP contribution in [0.3, 0.4) is 0 Å². The third kappa shape index (κ3) is 1.98. The minimum Gasteiger partial charge on any atom is -0.394 e. The van der Waals surface area contributed by atoms with Gasteiger partial charge in [0.1, 0.15) is 0 Å². The van der Waals surface area contributed by atoms with Crippen LogP contribution in [-0.2, 0) is 0 Å². The zero-order chi connectivity index (χ0) is 10.7. The van der Waals surface area contributed by atoms with Crippen molar-refractivity contribution in [3.05, 3.63) is 30.3 Å². The molecule has 0 aliphatic carbocycles. The zero-order valence-electron chi connectivity index (χ0n) is 8.71. The van der Waals surface area contributed by atoms with Gasteiger partial charge in [-0.3, -0.25) is 0 Å². The van der Waals surface area contributed by atoms with Gasteiger partial charge in [-0.05, 0) is 25.0 Å². The molecule has 15 heavy (non-hydrogen) atoms. The maximum atomic E-state index is 9.29. The van der Waals surface area contributed by atoms with E-state index in [0.717, 1.165) is 18.5 Å². The van der Waals surface area contributed by atoms with Gasteiger partial charge in [-0.1, -0.05) is 18.2 Å². The fourth-order valence-electron chi connectivity index (χ4n) is 2.34. The Morgan fingerprint density at radius 2 is 1.53 bits per heavy atom. The normalized spacial score (nSPS) is 25.9. The Hall–Kier alpha value is -1.06. The van der Waals surface area contributed by atoms with E-state index in [1.54, 1.807) is 0 Å². The van der Waals surface area contributed by atoms with E-state index < -0.39 is 0 Å². The van der Waals surface area contributed by atoms with Gasteiger partial charge < -0.3 is 15.1 Å². The van der Waals surface area contributed by atoms with Gasteiger partial charge >= 0.3 is 0 Å². The van der Waals surface area contributed by atoms with Crippen molar-refractivity contribution in [1.29, 1.82) is 0 Å². The predicted molar refractivity (Wildman–Crippen MR) is 59.9 cm³/mol. The first kappa shape index (κ1) is 10.5. The van der Waals surface area contributed by atoms with E-state index >= 15 is 0 Å². The SMILES string of the molecule is OCC1CCC(CO)N1c1ccccc1. The molecule has 0 bridgehead atoms. The number of para-hydroxylation sites is 1. The van der Waals surface area contributed by atoms with Gasteiger partial charge in [0.15, 0.2) is 0 Å². The van der Waals surface area contributed by atoms with Crippen molar-refractivity contribution in [2.24, 2.45) is 0 Å². The quantitative estimate of drug-likeness (QED) is 0.777. The average Bonchev–Trinajstić information content (AvgIpc) is 2.72. The van der Waals surface area contributed by atoms with Gasteiger partial charge in [-0.2, -0.15) is 0 Å². The van der Waals surface area contributed by atoms with Crippen molar-refractivity contribution in [2.75, 3.05) is 18.1 Å². The van der Waals surface area contributed by atoms with E-state index in [1.807, 2.05) is 30.3 Å². The second-order valence-electron chi connectivity index (χ2n) is 3.99. The van der Waals surface area contributed by atoms with Crippen LogP contribution in [0.25, 0.3) is 0 Å². The standard InChI is InChI=1S/C12H17NO2/c14-8-11-6-7-12(9-15)13(11)10-4-2-1-3-5-10/h1-5,11-12,14-15H,6-9H2. The molecule has 0 amide bonds. The third-order valence-corrected chi connectivity index (χ3v) is 3.10. The maximum Gasteiger partial charge on any atom is 0.0635 e. The third-order valence-electron chi connectivity index (χ3n) is 3.10. The number of aliphatic hydroxyl groups excluding tert-OH is 2. The molecule has 1 aromatic carbocycles. The van der Waals surface area contributed by atoms with Crippen molar-refractivity contribution in [2.45, 2.75) is 24.9 Å². The predicted octanol–water partition coefficient (Wildman–Crippen LogP) is 1.01. The van der Waals surface area contributed by atoms with Crippen LogP contribution in [0.2, 0.25) is 0 Å². The minimum absolute atomic E-state index is 0.157. The van der Waals surface area contributed by atoms with Gasteiger partial charge in [0, 0.05) is 5.69 Å². The van der Waals surface area contributed by atoms with Crippen LogP contribution < -0.4 is 4.90 Å². The molecule has 2 N–H and O–H groups in total. The number of nitrogens with zero attached hydrogens (tertiary/aromatic N) is 1. The number of aliphatic hydroxyl groups is 2. The molecule has 1 aliphatic rings. The molecule has 3 heteroatoms. The summed E-state index contributed by atoms with van der Waals surface area (Å²) in [4.78, 5) is 2.14. The van der Waals surface area contributed by atoms with Crippen LogP contribution >= 0.6 is 0 Å². The Kier molecular flexibility index (Phi) is 3.23. The Morgan fingerprint density at radius 3 is 2.00 bits per heavy atom. The molecule has 1 heterocycles. The largest absolute Gasteiger partial charge is 0.394 e. The molecule has 1 aromatic rings. The summed E-state index contributed by atoms with van der Waals surface area (Å²) in [6.45, 7) is 0.316. The fourth-order valence-corrected chi connectivity index (χ4v) is 2.34. The minimum atomic E-state index is 0.157. The molecular weight excluding hydrogens is 190 g/mol. The number of hydrogen-bond acceptors (Lipinski definition) is 3. The fraction of sp³-hybridized carbons (Fsp3) is 0.500. The molecule has 1 fully saturated rings. The van der Waals surface area contributed by atoms with Gasteiger partial charge in [0.2, 0.25) is 0 Å². The van der Waals surface area contributed by atoms with Gasteiger partial charge in [0.25, 0.3) is 0 Å². The van der Waals surface area contributed by atoms with Crippen molar-refractivity contribution in [3.8, 4) is 0 Å². The molecule has 2 rings (SSSR count). The molecule has 1 saturated heterocycles. The van der Waals surface area contributed by atoms with Crippen molar-refractivity contribution < 1.29 is 10.2 Å². The van der Waals surface area contributed by atoms with Crippen LogP contribution in [-0.4, -0.2) is 35.5 Å². The highest BCUT2D eigenvalue weighted by Gasteiger charge is 2.32. The van der Waals surface area contributed by atoms with Crippen LogP contribution in [0, 0.1) is 0 Å². The number of hydrogen-bond donors (Lipinski definition) is 2. The van der Waals surface area contributed by atoms with Gasteiger partial charge in [0.05, 0.1) is 25.3 Å². The van der Waals surface area contributed by atoms with Crippen molar-refractivity contribution in [1.82, 2.24) is 0 Å². The molecule has 3 nitrogen and oxygen atoms in total. The first-order valence-corrected chi connectivity index (χ1v) is 5.42. The summed E-state index contributed by atoms with van der Waals surface area (Å²) in [6, 6.07) is 10.3. The molecule has 0 saturated carbocycles. The average molecular weight is 207 g/mol. The molecule has 0 spiro atoms. The van der Waals surface area contributed by atoms with E-state index in [-0.39, 0.29) is 25.3 Å². The first-order valence-electron chi connectivity index (χ1n) is 5.42. The van der Waals surface area contributed by atoms with Crippen LogP contribution in [0.15, 0.2) is 30.3 Å². The second-order valence-corrected chi connectivity index (χ2v) is 3.99. The van der Waals surface area contributed by atoms with E-state index in [0.29, 0.717) is 0 Å². The van der Waals surface area contributed by atoms with E-state index in [4.69, 9.17) is 0 Å². The smallest absolute Gasteiger partial charge is 0.0635 e. The lowest BCUT2D eigenvalue weighted by Crippen LogP contribution is -2.39. The topological polar surface area (TPSA) is 43.7 Å². The summed E-state index contributed by atoms with van der Waals surface area (Å²) in [5.74, 6) is 0. The Balaban J connectivity index is 2.23. The van der Waals surface area contributed by atoms with E-state index in [9.17, 15) is 10.2 Å². The van der Waals surface area contributed by atoms with Crippen LogP contribution in [0.1, 0.15) is 12.8 Å². The molecular formula is C12H17NO2. The molecule has 1 aliphatic heterocycles. The highest BCUT2D eigenvalue weighted by Crippen LogP contribution is 2.29. The number of rotatable bonds is 3. The molecule has 2 unspecified atom stereocenters. The summed E-state index contributed by atoms with van der Waals surface area (Å²) in [5.41, 5.74) is 1.09. The lowest BCUT2D eigenvalue weighted by Gasteiger charge is -2.30.